The molecule has 1 aliphatic carbocycles. The van der Waals surface area contributed by atoms with Crippen LogP contribution < -0.4 is 4.74 Å². The molecule has 1 aromatic heterocycles. The second kappa shape index (κ2) is 7.03. The Morgan fingerprint density at radius 1 is 1.38 bits per heavy atom. The fraction of sp³-hybridized carbons (Fsp3) is 0.368. The molecule has 29 heavy (non-hydrogen) atoms. The molecule has 8 nitrogen and oxygen atoms in total. The van der Waals surface area contributed by atoms with Crippen LogP contribution in [-0.4, -0.2) is 43.7 Å². The van der Waals surface area contributed by atoms with Gasteiger partial charge < -0.3 is 19.2 Å². The number of nitrogens with zero attached hydrogens (tertiary/aromatic N) is 1. The molecule has 0 bridgehead atoms. The number of aromatic amines is 1. The van der Waals surface area contributed by atoms with Crippen LogP contribution in [0.3, 0.4) is 0 Å². The summed E-state index contributed by atoms with van der Waals surface area (Å²) < 4.78 is 43.9. The van der Waals surface area contributed by atoms with Crippen LogP contribution >= 0.6 is 12.2 Å². The molecule has 154 valence electrons. The maximum absolute atomic E-state index is 13.4. The van der Waals surface area contributed by atoms with Gasteiger partial charge in [-0.2, -0.15) is 0 Å². The molecule has 0 saturated carbocycles. The lowest BCUT2D eigenvalue weighted by Crippen LogP contribution is -2.28. The van der Waals surface area contributed by atoms with Crippen LogP contribution in [0.4, 0.5) is 0 Å². The highest BCUT2D eigenvalue weighted by Gasteiger charge is 2.41. The molecule has 1 aliphatic heterocycles. The zero-order valence-corrected chi connectivity index (χ0v) is 17.8. The van der Waals surface area contributed by atoms with E-state index in [0.717, 1.165) is 5.56 Å². The molecule has 0 saturated heterocycles. The average Bonchev–Trinajstić information content (AvgIpc) is 3.01. The van der Waals surface area contributed by atoms with Gasteiger partial charge in [0, 0.05) is 18.4 Å². The number of rotatable bonds is 5. The van der Waals surface area contributed by atoms with Crippen molar-refractivity contribution in [2.75, 3.05) is 20.3 Å². The quantitative estimate of drug-likeness (QED) is 0.568. The van der Waals surface area contributed by atoms with Gasteiger partial charge in [0.05, 0.1) is 35.4 Å². The van der Waals surface area contributed by atoms with Crippen molar-refractivity contribution in [2.24, 2.45) is 0 Å². The lowest BCUT2D eigenvalue weighted by Gasteiger charge is -2.32. The van der Waals surface area contributed by atoms with E-state index in [9.17, 15) is 13.2 Å². The number of allylic oxidation sites excluding steroid dienone is 4. The fourth-order valence-electron chi connectivity index (χ4n) is 3.96. The Morgan fingerprint density at radius 3 is 2.83 bits per heavy atom. The summed E-state index contributed by atoms with van der Waals surface area (Å²) in [5.41, 5.74) is 2.43. The molecular formula is C19H20N2O6S2. The molecular weight excluding hydrogens is 416 g/mol. The molecule has 0 spiro atoms. The number of H-pyrrole nitrogens is 1. The maximum Gasteiger partial charge on any atom is 0.344 e. The van der Waals surface area contributed by atoms with E-state index in [0.29, 0.717) is 34.5 Å². The Hall–Kier alpha value is -2.59. The van der Waals surface area contributed by atoms with Gasteiger partial charge in [-0.3, -0.25) is 0 Å². The number of imidazole rings is 1. The lowest BCUT2D eigenvalue weighted by molar-refractivity contribution is -0.147. The zero-order valence-electron chi connectivity index (χ0n) is 16.1. The molecule has 1 aromatic carbocycles. The predicted molar refractivity (Wildman–Crippen MR) is 109 cm³/mol. The van der Waals surface area contributed by atoms with Crippen molar-refractivity contribution in [3.63, 3.8) is 0 Å². The standard InChI is InChI=1S/C19H20N2O6S2/c1-4-26-16(22)9-27-12-5-10(2)18-14(7-12)13-6-11(25-3)8-15-17(13)21(19(28)20-15)29(18,23)24/h5-6,8,14H,4,7,9H2,1-3H3,(H,20,28). The molecule has 2 aromatic rings. The molecule has 10 heteroatoms. The van der Waals surface area contributed by atoms with E-state index in [4.69, 9.17) is 26.4 Å². The van der Waals surface area contributed by atoms with Gasteiger partial charge in [-0.1, -0.05) is 0 Å². The van der Waals surface area contributed by atoms with Crippen LogP contribution in [0.25, 0.3) is 11.0 Å². The summed E-state index contributed by atoms with van der Waals surface area (Å²) in [6.07, 6.45) is 1.95. The molecule has 2 aliphatic rings. The number of benzene rings is 1. The van der Waals surface area contributed by atoms with Gasteiger partial charge in [0.2, 0.25) is 0 Å². The highest BCUT2D eigenvalue weighted by atomic mass is 32.2. The third-order valence-electron chi connectivity index (χ3n) is 5.04. The van der Waals surface area contributed by atoms with Crippen molar-refractivity contribution < 1.29 is 27.4 Å². The Labute approximate surface area is 172 Å². The monoisotopic (exact) mass is 436 g/mol. The number of methoxy groups -OCH3 is 1. The van der Waals surface area contributed by atoms with Crippen molar-refractivity contribution in [1.82, 2.24) is 8.96 Å². The van der Waals surface area contributed by atoms with Gasteiger partial charge in [0.25, 0.3) is 10.0 Å². The van der Waals surface area contributed by atoms with Crippen molar-refractivity contribution in [1.29, 1.82) is 0 Å². The zero-order chi connectivity index (χ0) is 20.9. The van der Waals surface area contributed by atoms with Crippen molar-refractivity contribution in [3.8, 4) is 5.75 Å². The van der Waals surface area contributed by atoms with E-state index < -0.39 is 21.9 Å². The Bertz CT molecular complexity index is 1250. The Balaban J connectivity index is 1.86. The summed E-state index contributed by atoms with van der Waals surface area (Å²) in [6, 6.07) is 3.54. The van der Waals surface area contributed by atoms with Crippen molar-refractivity contribution >= 4 is 39.2 Å². The number of carbonyl (C=O) groups is 1. The van der Waals surface area contributed by atoms with Gasteiger partial charge >= 0.3 is 5.97 Å². The number of carbonyl (C=O) groups excluding carboxylic acids is 1. The minimum atomic E-state index is -3.84. The van der Waals surface area contributed by atoms with Gasteiger partial charge in [-0.05, 0) is 49.3 Å². The molecule has 0 radical (unpaired) electrons. The topological polar surface area (TPSA) is 99.6 Å². The molecule has 0 amide bonds. The smallest absolute Gasteiger partial charge is 0.344 e. The third kappa shape index (κ3) is 3.06. The minimum Gasteiger partial charge on any atom is -0.497 e. The molecule has 1 unspecified atom stereocenters. The van der Waals surface area contributed by atoms with Crippen LogP contribution in [0, 0.1) is 4.77 Å². The van der Waals surface area contributed by atoms with Gasteiger partial charge in [-0.15, -0.1) is 0 Å². The van der Waals surface area contributed by atoms with Gasteiger partial charge in [0.1, 0.15) is 5.75 Å². The van der Waals surface area contributed by atoms with Gasteiger partial charge in [-0.25, -0.2) is 17.2 Å². The molecule has 0 fully saturated rings. The normalized spacial score (nSPS) is 19.6. The maximum atomic E-state index is 13.4. The highest BCUT2D eigenvalue weighted by molar-refractivity contribution is 7.94. The SMILES string of the molecule is CCOC(=O)COC1=CC(C)=C2C(C1)c1cc(OC)cc3[nH]c(=S)n(c13)S2(=O)=O. The van der Waals surface area contributed by atoms with Crippen molar-refractivity contribution in [3.05, 3.63) is 44.8 Å². The largest absolute Gasteiger partial charge is 0.497 e. The first-order valence-electron chi connectivity index (χ1n) is 9.06. The first-order valence-corrected chi connectivity index (χ1v) is 10.9. The molecule has 4 rings (SSSR count). The number of esters is 1. The summed E-state index contributed by atoms with van der Waals surface area (Å²) in [7, 11) is -2.29. The fourth-order valence-corrected chi connectivity index (χ4v) is 6.40. The second-order valence-electron chi connectivity index (χ2n) is 6.82. The number of nitrogens with one attached hydrogen (secondary N) is 1. The van der Waals surface area contributed by atoms with E-state index in [-0.39, 0.29) is 22.9 Å². The van der Waals surface area contributed by atoms with E-state index >= 15 is 0 Å². The number of aromatic nitrogens is 2. The van der Waals surface area contributed by atoms with E-state index in [1.54, 1.807) is 33.1 Å². The summed E-state index contributed by atoms with van der Waals surface area (Å²) in [6.45, 7) is 3.47. The average molecular weight is 437 g/mol. The summed E-state index contributed by atoms with van der Waals surface area (Å²) in [5, 5.41) is 0. The number of fused-ring (bicyclic) bond motifs is 2. The van der Waals surface area contributed by atoms with E-state index in [1.165, 1.54) is 3.97 Å². The van der Waals surface area contributed by atoms with Crippen LogP contribution in [-0.2, 0) is 24.3 Å². The Morgan fingerprint density at radius 2 is 2.14 bits per heavy atom. The van der Waals surface area contributed by atoms with Crippen LogP contribution in [0.15, 0.2) is 34.4 Å². The molecule has 2 heterocycles. The highest BCUT2D eigenvalue weighted by Crippen LogP contribution is 2.48. The molecule has 1 N–H and O–H groups in total. The summed E-state index contributed by atoms with van der Waals surface area (Å²) in [5.74, 6) is 0.180. The minimum absolute atomic E-state index is 0.113. The van der Waals surface area contributed by atoms with Crippen molar-refractivity contribution in [2.45, 2.75) is 26.2 Å². The number of hydrogen-bond donors (Lipinski definition) is 1. The van der Waals surface area contributed by atoms with Crippen LogP contribution in [0.1, 0.15) is 31.7 Å². The first-order chi connectivity index (χ1) is 13.8. The van der Waals surface area contributed by atoms with E-state index in [1.807, 2.05) is 6.07 Å². The number of ether oxygens (including phenoxy) is 3. The predicted octanol–water partition coefficient (Wildman–Crippen LogP) is 3.12. The lowest BCUT2D eigenvalue weighted by atomic mass is 9.87. The van der Waals surface area contributed by atoms with Crippen LogP contribution in [0.5, 0.6) is 5.75 Å². The summed E-state index contributed by atoms with van der Waals surface area (Å²) >= 11 is 5.30. The molecule has 1 atom stereocenters. The van der Waals surface area contributed by atoms with E-state index in [2.05, 4.69) is 4.98 Å². The first kappa shape index (κ1) is 19.7. The Kier molecular flexibility index (Phi) is 4.78. The van der Waals surface area contributed by atoms with Crippen LogP contribution in [0.2, 0.25) is 0 Å². The second-order valence-corrected chi connectivity index (χ2v) is 8.96. The van der Waals surface area contributed by atoms with Gasteiger partial charge in [0.15, 0.2) is 11.4 Å². The third-order valence-corrected chi connectivity index (χ3v) is 7.45. The number of hydrogen-bond acceptors (Lipinski definition) is 7. The summed E-state index contributed by atoms with van der Waals surface area (Å²) in [4.78, 5) is 14.9.